The van der Waals surface area contributed by atoms with E-state index in [2.05, 4.69) is 22.1 Å². The van der Waals surface area contributed by atoms with Crippen LogP contribution in [0.1, 0.15) is 37.5 Å². The molecule has 4 heteroatoms. The van der Waals surface area contributed by atoms with E-state index in [4.69, 9.17) is 4.42 Å². The Bertz CT molecular complexity index is 289. The maximum atomic E-state index is 5.57. The number of piperidine rings is 1. The van der Waals surface area contributed by atoms with Crippen LogP contribution in [0.15, 0.2) is 4.42 Å². The van der Waals surface area contributed by atoms with Gasteiger partial charge in [-0.2, -0.15) is 0 Å². The van der Waals surface area contributed by atoms with Gasteiger partial charge in [-0.3, -0.25) is 0 Å². The summed E-state index contributed by atoms with van der Waals surface area (Å²) in [5, 5.41) is 8.10. The highest BCUT2D eigenvalue weighted by atomic mass is 16.4. The molecule has 0 atom stereocenters. The van der Waals surface area contributed by atoms with Gasteiger partial charge in [0.05, 0.1) is 0 Å². The summed E-state index contributed by atoms with van der Waals surface area (Å²) in [7, 11) is 2.15. The van der Waals surface area contributed by atoms with E-state index in [0.717, 1.165) is 44.1 Å². The summed E-state index contributed by atoms with van der Waals surface area (Å²) < 4.78 is 5.57. The SMILES string of the molecule is CCc1nnc(C2CCN(C)CC2)o1. The van der Waals surface area contributed by atoms with Gasteiger partial charge in [0.15, 0.2) is 0 Å². The van der Waals surface area contributed by atoms with Crippen LogP contribution in [0.2, 0.25) is 0 Å². The quantitative estimate of drug-likeness (QED) is 0.716. The molecule has 78 valence electrons. The van der Waals surface area contributed by atoms with E-state index in [9.17, 15) is 0 Å². The van der Waals surface area contributed by atoms with Crippen molar-refractivity contribution >= 4 is 0 Å². The molecule has 0 radical (unpaired) electrons. The van der Waals surface area contributed by atoms with Gasteiger partial charge in [-0.25, -0.2) is 0 Å². The lowest BCUT2D eigenvalue weighted by atomic mass is 9.97. The largest absolute Gasteiger partial charge is 0.425 e. The average molecular weight is 195 g/mol. The zero-order chi connectivity index (χ0) is 9.97. The van der Waals surface area contributed by atoms with Crippen molar-refractivity contribution in [1.29, 1.82) is 0 Å². The summed E-state index contributed by atoms with van der Waals surface area (Å²) in [5.41, 5.74) is 0. The van der Waals surface area contributed by atoms with E-state index in [1.54, 1.807) is 0 Å². The van der Waals surface area contributed by atoms with Crippen LogP contribution in [0.3, 0.4) is 0 Å². The third-order valence-corrected chi connectivity index (χ3v) is 2.85. The Balaban J connectivity index is 2.01. The fourth-order valence-corrected chi connectivity index (χ4v) is 1.83. The Morgan fingerprint density at radius 1 is 1.36 bits per heavy atom. The van der Waals surface area contributed by atoms with Crippen LogP contribution in [-0.4, -0.2) is 35.2 Å². The van der Waals surface area contributed by atoms with Crippen molar-refractivity contribution in [3.63, 3.8) is 0 Å². The molecule has 1 aromatic rings. The Morgan fingerprint density at radius 3 is 2.64 bits per heavy atom. The van der Waals surface area contributed by atoms with Crippen molar-refractivity contribution in [1.82, 2.24) is 15.1 Å². The normalized spacial score (nSPS) is 20.1. The summed E-state index contributed by atoms with van der Waals surface area (Å²) in [6.07, 6.45) is 3.11. The lowest BCUT2D eigenvalue weighted by Crippen LogP contribution is -2.29. The van der Waals surface area contributed by atoms with Gasteiger partial charge in [0.1, 0.15) is 0 Å². The van der Waals surface area contributed by atoms with Crippen LogP contribution in [0.25, 0.3) is 0 Å². The Labute approximate surface area is 84.3 Å². The molecule has 1 fully saturated rings. The molecule has 0 bridgehead atoms. The molecule has 14 heavy (non-hydrogen) atoms. The molecule has 0 spiro atoms. The molecule has 1 aliphatic heterocycles. The van der Waals surface area contributed by atoms with Crippen molar-refractivity contribution in [2.75, 3.05) is 20.1 Å². The second-order valence-electron chi connectivity index (χ2n) is 3.97. The molecule has 1 aromatic heterocycles. The predicted octanol–water partition coefficient (Wildman–Crippen LogP) is 1.44. The lowest BCUT2D eigenvalue weighted by Gasteiger charge is -2.26. The van der Waals surface area contributed by atoms with Gasteiger partial charge in [-0.1, -0.05) is 6.92 Å². The van der Waals surface area contributed by atoms with E-state index >= 15 is 0 Å². The molecule has 0 amide bonds. The van der Waals surface area contributed by atoms with Crippen LogP contribution in [0, 0.1) is 0 Å². The first-order valence-electron chi connectivity index (χ1n) is 5.30. The molecule has 0 N–H and O–H groups in total. The highest BCUT2D eigenvalue weighted by Gasteiger charge is 2.22. The number of aryl methyl sites for hydroxylation is 1. The highest BCUT2D eigenvalue weighted by Crippen LogP contribution is 2.26. The van der Waals surface area contributed by atoms with E-state index in [0.29, 0.717) is 5.92 Å². The first kappa shape index (κ1) is 9.65. The summed E-state index contributed by atoms with van der Waals surface area (Å²) in [4.78, 5) is 2.34. The monoisotopic (exact) mass is 195 g/mol. The maximum Gasteiger partial charge on any atom is 0.219 e. The van der Waals surface area contributed by atoms with Gasteiger partial charge < -0.3 is 9.32 Å². The van der Waals surface area contributed by atoms with Gasteiger partial charge in [0, 0.05) is 12.3 Å². The fourth-order valence-electron chi connectivity index (χ4n) is 1.83. The summed E-state index contributed by atoms with van der Waals surface area (Å²) >= 11 is 0. The number of aromatic nitrogens is 2. The zero-order valence-corrected chi connectivity index (χ0v) is 8.86. The lowest BCUT2D eigenvalue weighted by molar-refractivity contribution is 0.235. The van der Waals surface area contributed by atoms with Crippen LogP contribution >= 0.6 is 0 Å². The maximum absolute atomic E-state index is 5.57. The van der Waals surface area contributed by atoms with E-state index < -0.39 is 0 Å². The Kier molecular flexibility index (Phi) is 2.82. The second-order valence-corrected chi connectivity index (χ2v) is 3.97. The molecule has 0 unspecified atom stereocenters. The summed E-state index contributed by atoms with van der Waals surface area (Å²) in [6.45, 7) is 4.30. The third-order valence-electron chi connectivity index (χ3n) is 2.85. The Morgan fingerprint density at radius 2 is 2.07 bits per heavy atom. The number of hydrogen-bond donors (Lipinski definition) is 0. The van der Waals surface area contributed by atoms with E-state index in [-0.39, 0.29) is 0 Å². The second kappa shape index (κ2) is 4.09. The third kappa shape index (κ3) is 1.95. The predicted molar refractivity (Wildman–Crippen MR) is 53.1 cm³/mol. The molecule has 4 nitrogen and oxygen atoms in total. The number of nitrogens with zero attached hydrogens (tertiary/aromatic N) is 3. The molecular formula is C10H17N3O. The van der Waals surface area contributed by atoms with Crippen LogP contribution in [0.5, 0.6) is 0 Å². The molecule has 2 heterocycles. The van der Waals surface area contributed by atoms with Crippen LogP contribution in [-0.2, 0) is 6.42 Å². The van der Waals surface area contributed by atoms with E-state index in [1.807, 2.05) is 6.92 Å². The minimum Gasteiger partial charge on any atom is -0.425 e. The molecule has 1 aliphatic rings. The van der Waals surface area contributed by atoms with Gasteiger partial charge in [0.2, 0.25) is 11.8 Å². The van der Waals surface area contributed by atoms with Gasteiger partial charge in [0.25, 0.3) is 0 Å². The number of rotatable bonds is 2. The smallest absolute Gasteiger partial charge is 0.219 e. The zero-order valence-electron chi connectivity index (χ0n) is 8.86. The van der Waals surface area contributed by atoms with Crippen molar-refractivity contribution < 1.29 is 4.42 Å². The standard InChI is InChI=1S/C10H17N3O/c1-3-9-11-12-10(14-9)8-4-6-13(2)7-5-8/h8H,3-7H2,1-2H3. The minimum atomic E-state index is 0.485. The fraction of sp³-hybridized carbons (Fsp3) is 0.800. The summed E-state index contributed by atoms with van der Waals surface area (Å²) in [5.74, 6) is 2.09. The van der Waals surface area contributed by atoms with Crippen LogP contribution in [0.4, 0.5) is 0 Å². The summed E-state index contributed by atoms with van der Waals surface area (Å²) in [6, 6.07) is 0. The van der Waals surface area contributed by atoms with Crippen molar-refractivity contribution in [2.45, 2.75) is 32.1 Å². The highest BCUT2D eigenvalue weighted by molar-refractivity contribution is 4.94. The van der Waals surface area contributed by atoms with E-state index in [1.165, 1.54) is 0 Å². The first-order valence-corrected chi connectivity index (χ1v) is 5.30. The first-order chi connectivity index (χ1) is 6.79. The molecule has 0 aromatic carbocycles. The van der Waals surface area contributed by atoms with Crippen molar-refractivity contribution in [3.8, 4) is 0 Å². The van der Waals surface area contributed by atoms with Crippen molar-refractivity contribution in [3.05, 3.63) is 11.8 Å². The molecule has 0 saturated carbocycles. The van der Waals surface area contributed by atoms with Crippen molar-refractivity contribution in [2.24, 2.45) is 0 Å². The molecular weight excluding hydrogens is 178 g/mol. The topological polar surface area (TPSA) is 42.2 Å². The molecule has 0 aliphatic carbocycles. The molecule has 2 rings (SSSR count). The van der Waals surface area contributed by atoms with Gasteiger partial charge >= 0.3 is 0 Å². The number of hydrogen-bond acceptors (Lipinski definition) is 4. The number of likely N-dealkylation sites (tertiary alicyclic amines) is 1. The average Bonchev–Trinajstić information content (AvgIpc) is 2.67. The van der Waals surface area contributed by atoms with Gasteiger partial charge in [-0.15, -0.1) is 10.2 Å². The van der Waals surface area contributed by atoms with Crippen LogP contribution < -0.4 is 0 Å². The molecule has 1 saturated heterocycles. The Hall–Kier alpha value is -0.900. The minimum absolute atomic E-state index is 0.485. The van der Waals surface area contributed by atoms with Gasteiger partial charge in [-0.05, 0) is 33.0 Å².